The fourth-order valence-corrected chi connectivity index (χ4v) is 9.07. The predicted octanol–water partition coefficient (Wildman–Crippen LogP) is 4.05. The first-order valence-corrected chi connectivity index (χ1v) is 14.5. The minimum Gasteiger partial charge on any atom is -0.465 e. The maximum atomic E-state index is 14.5. The maximum absolute atomic E-state index is 14.5. The van der Waals surface area contributed by atoms with Gasteiger partial charge in [-0.15, -0.1) is 24.9 Å². The van der Waals surface area contributed by atoms with Crippen LogP contribution in [0.25, 0.3) is 0 Å². The molecule has 4 rings (SSSR count). The smallest absolute Gasteiger partial charge is 0.310 e. The summed E-state index contributed by atoms with van der Waals surface area (Å²) in [4.78, 5) is 45.1. The summed E-state index contributed by atoms with van der Waals surface area (Å²) in [6.45, 7) is 14.0. The van der Waals surface area contributed by atoms with E-state index >= 15 is 0 Å². The summed E-state index contributed by atoms with van der Waals surface area (Å²) < 4.78 is 4.92. The molecule has 8 heteroatoms. The summed E-state index contributed by atoms with van der Waals surface area (Å²) in [5, 5.41) is 9.83. The molecule has 3 aliphatic heterocycles. The Morgan fingerprint density at radius 1 is 1.26 bits per heavy atom. The molecule has 1 spiro atoms. The average molecular weight is 541 g/mol. The number of amides is 2. The Hall–Kier alpha value is -2.58. The van der Waals surface area contributed by atoms with Gasteiger partial charge in [-0.1, -0.05) is 31.2 Å². The molecule has 3 unspecified atom stereocenters. The highest BCUT2D eigenvalue weighted by Crippen LogP contribution is 2.68. The van der Waals surface area contributed by atoms with Crippen LogP contribution in [-0.4, -0.2) is 70.1 Å². The van der Waals surface area contributed by atoms with E-state index in [9.17, 15) is 19.5 Å². The fourth-order valence-electron chi connectivity index (χ4n) is 6.67. The van der Waals surface area contributed by atoms with Gasteiger partial charge in [0.1, 0.15) is 6.04 Å². The van der Waals surface area contributed by atoms with E-state index in [1.807, 2.05) is 38.1 Å². The molecule has 2 bridgehead atoms. The molecule has 206 valence electrons. The van der Waals surface area contributed by atoms with Crippen molar-refractivity contribution in [1.82, 2.24) is 4.90 Å². The van der Waals surface area contributed by atoms with Gasteiger partial charge in [0, 0.05) is 24.0 Å². The summed E-state index contributed by atoms with van der Waals surface area (Å²) >= 11 is 1.62. The molecule has 3 heterocycles. The van der Waals surface area contributed by atoms with Crippen molar-refractivity contribution >= 4 is 35.2 Å². The lowest BCUT2D eigenvalue weighted by atomic mass is 9.66. The number of anilines is 1. The molecular formula is C30H40N2O5S. The van der Waals surface area contributed by atoms with E-state index in [4.69, 9.17) is 4.74 Å². The molecule has 3 aliphatic rings. The highest BCUT2D eigenvalue weighted by Gasteiger charge is 2.76. The van der Waals surface area contributed by atoms with Crippen molar-refractivity contribution in [3.05, 3.63) is 54.6 Å². The van der Waals surface area contributed by atoms with Gasteiger partial charge in [0.25, 0.3) is 5.91 Å². The second kappa shape index (κ2) is 11.7. The minimum absolute atomic E-state index is 0.0451. The first kappa shape index (κ1) is 28.4. The summed E-state index contributed by atoms with van der Waals surface area (Å²) in [6, 6.07) is 5.18. The zero-order valence-electron chi connectivity index (χ0n) is 22.7. The van der Waals surface area contributed by atoms with Crippen molar-refractivity contribution in [2.45, 2.75) is 62.5 Å². The van der Waals surface area contributed by atoms with Crippen molar-refractivity contribution in [3.8, 4) is 0 Å². The Morgan fingerprint density at radius 3 is 2.71 bits per heavy atom. The number of ether oxygens (including phenoxy) is 1. The number of thioether (sulfide) groups is 1. The molecule has 7 nitrogen and oxygen atoms in total. The van der Waals surface area contributed by atoms with Crippen molar-refractivity contribution in [2.75, 3.05) is 31.2 Å². The highest BCUT2D eigenvalue weighted by molar-refractivity contribution is 8.02. The number of fused-ring (bicyclic) bond motifs is 1. The number of rotatable bonds is 12. The van der Waals surface area contributed by atoms with Crippen LogP contribution < -0.4 is 4.90 Å². The number of carbonyl (C=O) groups excluding carboxylic acids is 3. The number of hydrogen-bond donors (Lipinski definition) is 1. The molecular weight excluding hydrogens is 500 g/mol. The number of esters is 1. The normalized spacial score (nSPS) is 29.3. The van der Waals surface area contributed by atoms with Gasteiger partial charge in [0.05, 0.1) is 29.8 Å². The van der Waals surface area contributed by atoms with Gasteiger partial charge in [-0.25, -0.2) is 0 Å². The van der Waals surface area contributed by atoms with Crippen LogP contribution in [0.4, 0.5) is 5.69 Å². The van der Waals surface area contributed by atoms with E-state index in [2.05, 4.69) is 20.1 Å². The molecule has 0 radical (unpaired) electrons. The van der Waals surface area contributed by atoms with E-state index in [0.29, 0.717) is 13.2 Å². The van der Waals surface area contributed by atoms with Crippen LogP contribution in [0.5, 0.6) is 0 Å². The largest absolute Gasteiger partial charge is 0.465 e. The molecule has 1 aromatic rings. The summed E-state index contributed by atoms with van der Waals surface area (Å²) in [5.74, 6) is -1.96. The van der Waals surface area contributed by atoms with Crippen molar-refractivity contribution in [1.29, 1.82) is 0 Å². The van der Waals surface area contributed by atoms with Gasteiger partial charge in [0.15, 0.2) is 0 Å². The van der Waals surface area contributed by atoms with E-state index in [1.54, 1.807) is 22.7 Å². The van der Waals surface area contributed by atoms with E-state index < -0.39 is 22.6 Å². The van der Waals surface area contributed by atoms with Crippen LogP contribution >= 0.6 is 11.8 Å². The predicted molar refractivity (Wildman–Crippen MR) is 151 cm³/mol. The number of hydrogen-bond acceptors (Lipinski definition) is 6. The van der Waals surface area contributed by atoms with Gasteiger partial charge in [0.2, 0.25) is 5.91 Å². The maximum Gasteiger partial charge on any atom is 0.310 e. The molecule has 0 aliphatic carbocycles. The van der Waals surface area contributed by atoms with Crippen LogP contribution in [0.15, 0.2) is 43.5 Å². The lowest BCUT2D eigenvalue weighted by molar-refractivity contribution is -0.154. The number of carbonyl (C=O) groups is 3. The number of aryl methyl sites for hydroxylation is 2. The Bertz CT molecular complexity index is 1110. The molecule has 0 saturated carbocycles. The third-order valence-corrected chi connectivity index (χ3v) is 10.4. The van der Waals surface area contributed by atoms with Gasteiger partial charge in [-0.2, -0.15) is 0 Å². The van der Waals surface area contributed by atoms with Gasteiger partial charge in [-0.3, -0.25) is 14.4 Å². The van der Waals surface area contributed by atoms with Crippen molar-refractivity contribution < 1.29 is 24.2 Å². The Labute approximate surface area is 230 Å². The summed E-state index contributed by atoms with van der Waals surface area (Å²) in [6.07, 6.45) is 6.78. The van der Waals surface area contributed by atoms with Crippen LogP contribution in [-0.2, 0) is 19.1 Å². The Kier molecular flexibility index (Phi) is 8.72. The quantitative estimate of drug-likeness (QED) is 0.245. The number of unbranched alkanes of at least 4 members (excludes halogenated alkanes) is 2. The molecule has 3 saturated heterocycles. The molecule has 0 aromatic heterocycles. The molecule has 1 N–H and O–H groups in total. The average Bonchev–Trinajstić information content (AvgIpc) is 3.48. The molecule has 6 atom stereocenters. The third kappa shape index (κ3) is 4.70. The number of nitrogens with zero attached hydrogens (tertiary/aromatic N) is 2. The van der Waals surface area contributed by atoms with E-state index in [1.165, 1.54) is 4.90 Å². The zero-order valence-corrected chi connectivity index (χ0v) is 23.5. The first-order chi connectivity index (χ1) is 18.2. The van der Waals surface area contributed by atoms with Crippen LogP contribution in [0.1, 0.15) is 43.7 Å². The molecule has 2 amide bonds. The SMILES string of the molecule is C=CCCCCOC(=O)[C@@H]1[C@@H]2CC(C)C3(S2)C(C(=O)N(CC=C)c2cc(C)ccc2C)N(CCO)C(=O)[C@H]13. The van der Waals surface area contributed by atoms with Gasteiger partial charge < -0.3 is 19.6 Å². The molecule has 3 fully saturated rings. The topological polar surface area (TPSA) is 87.2 Å². The minimum atomic E-state index is -0.789. The number of benzene rings is 1. The lowest BCUT2D eigenvalue weighted by Crippen LogP contribution is -2.57. The number of likely N-dealkylation sites (tertiary alicyclic amines) is 1. The number of allylic oxidation sites excluding steroid dienone is 1. The second-order valence-electron chi connectivity index (χ2n) is 10.8. The van der Waals surface area contributed by atoms with Crippen LogP contribution in [0, 0.1) is 31.6 Å². The number of β-amino-alcohol motifs (C(OH)–C–C–N with tert-alkyl or cyclic N) is 1. The summed E-state index contributed by atoms with van der Waals surface area (Å²) in [7, 11) is 0. The van der Waals surface area contributed by atoms with Crippen molar-refractivity contribution in [2.24, 2.45) is 17.8 Å². The standard InChI is InChI=1S/C30H40N2O5S/c1-6-8-9-10-16-37-29(36)24-23-18-21(5)30(38-23)25(24)27(34)32(14-15-33)26(30)28(35)31(13-7-2)22-17-19(3)11-12-20(22)4/h6-7,11-12,17,21,23-26,33H,1-2,8-10,13-16,18H2,3-5H3/t21?,23-,24+,25-,26?,30?/m0/s1. The van der Waals surface area contributed by atoms with Crippen molar-refractivity contribution in [3.63, 3.8) is 0 Å². The fraction of sp³-hybridized carbons (Fsp3) is 0.567. The van der Waals surface area contributed by atoms with Gasteiger partial charge in [-0.05, 0) is 62.6 Å². The van der Waals surface area contributed by atoms with E-state index in [0.717, 1.165) is 42.5 Å². The summed E-state index contributed by atoms with van der Waals surface area (Å²) in [5.41, 5.74) is 2.76. The molecule has 38 heavy (non-hydrogen) atoms. The van der Waals surface area contributed by atoms with Gasteiger partial charge >= 0.3 is 5.97 Å². The van der Waals surface area contributed by atoms with E-state index in [-0.39, 0.29) is 42.1 Å². The van der Waals surface area contributed by atoms with Crippen LogP contribution in [0.3, 0.4) is 0 Å². The first-order valence-electron chi connectivity index (χ1n) is 13.6. The second-order valence-corrected chi connectivity index (χ2v) is 12.3. The number of aliphatic hydroxyl groups is 1. The monoisotopic (exact) mass is 540 g/mol. The zero-order chi connectivity index (χ0) is 27.6. The Balaban J connectivity index is 1.70. The van der Waals surface area contributed by atoms with Crippen LogP contribution in [0.2, 0.25) is 0 Å². The number of aliphatic hydroxyl groups excluding tert-OH is 1. The highest BCUT2D eigenvalue weighted by atomic mass is 32.2. The lowest BCUT2D eigenvalue weighted by Gasteiger charge is -2.40. The Morgan fingerprint density at radius 2 is 2.03 bits per heavy atom. The molecule has 1 aromatic carbocycles. The third-order valence-electron chi connectivity index (χ3n) is 8.37.